The first kappa shape index (κ1) is 28.4. The van der Waals surface area contributed by atoms with E-state index in [1.54, 1.807) is 0 Å². The molecule has 0 atom stereocenters. The van der Waals surface area contributed by atoms with Crippen LogP contribution in [0, 0.1) is 0 Å². The summed E-state index contributed by atoms with van der Waals surface area (Å²) in [5.74, 6) is 0. The van der Waals surface area contributed by atoms with Gasteiger partial charge in [0, 0.05) is 38.5 Å². The number of para-hydroxylation sites is 4. The van der Waals surface area contributed by atoms with Gasteiger partial charge in [-0.15, -0.1) is 0 Å². The predicted molar refractivity (Wildman–Crippen MR) is 211 cm³/mol. The lowest BCUT2D eigenvalue weighted by Gasteiger charge is -2.15. The molecule has 50 heavy (non-hydrogen) atoms. The summed E-state index contributed by atoms with van der Waals surface area (Å²) in [6.45, 7) is 0. The minimum Gasteiger partial charge on any atom is -0.309 e. The van der Waals surface area contributed by atoms with Crippen molar-refractivity contribution < 1.29 is 0 Å². The Labute approximate surface area is 290 Å². The van der Waals surface area contributed by atoms with E-state index in [2.05, 4.69) is 203 Å². The standard InChI is InChI=1S/C48H32N2/c1-4-16-33(17-5-1)37-31-30-36(32-43(37)34-18-6-2-7-19-34)49-45-28-13-11-23-42(45)47-39(24-15-29-46(47)49)41-26-14-25-40-38-22-10-12-27-44(38)50(48(40)41)35-20-8-3-9-21-35/h1-32H. The predicted octanol–water partition coefficient (Wildman–Crippen LogP) is 12.9. The van der Waals surface area contributed by atoms with Crippen LogP contribution >= 0.6 is 0 Å². The maximum atomic E-state index is 2.45. The van der Waals surface area contributed by atoms with Crippen LogP contribution in [0.4, 0.5) is 0 Å². The summed E-state index contributed by atoms with van der Waals surface area (Å²) in [5.41, 5.74) is 14.4. The molecule has 2 heterocycles. The second-order valence-electron chi connectivity index (χ2n) is 12.9. The fraction of sp³-hybridized carbons (Fsp3) is 0. The number of hydrogen-bond acceptors (Lipinski definition) is 0. The van der Waals surface area contributed by atoms with Gasteiger partial charge >= 0.3 is 0 Å². The summed E-state index contributed by atoms with van der Waals surface area (Å²) in [5, 5.41) is 5.01. The molecule has 10 rings (SSSR count). The molecule has 234 valence electrons. The third-order valence-electron chi connectivity index (χ3n) is 10.1. The monoisotopic (exact) mass is 636 g/mol. The molecule has 2 nitrogen and oxygen atoms in total. The smallest absolute Gasteiger partial charge is 0.0619 e. The van der Waals surface area contributed by atoms with Crippen LogP contribution in [0.1, 0.15) is 0 Å². The zero-order chi connectivity index (χ0) is 33.0. The first-order valence-corrected chi connectivity index (χ1v) is 17.2. The lowest BCUT2D eigenvalue weighted by molar-refractivity contribution is 1.18. The van der Waals surface area contributed by atoms with E-state index in [1.807, 2.05) is 0 Å². The van der Waals surface area contributed by atoms with Crippen LogP contribution in [-0.4, -0.2) is 9.13 Å². The first-order chi connectivity index (χ1) is 24.8. The summed E-state index contributed by atoms with van der Waals surface area (Å²) in [6.07, 6.45) is 0. The quantitative estimate of drug-likeness (QED) is 0.178. The topological polar surface area (TPSA) is 9.86 Å². The van der Waals surface area contributed by atoms with Gasteiger partial charge in [-0.3, -0.25) is 0 Å². The minimum atomic E-state index is 1.14. The van der Waals surface area contributed by atoms with Gasteiger partial charge in [0.1, 0.15) is 0 Å². The molecule has 2 heteroatoms. The van der Waals surface area contributed by atoms with E-state index >= 15 is 0 Å². The number of benzene rings is 8. The highest BCUT2D eigenvalue weighted by Crippen LogP contribution is 2.44. The van der Waals surface area contributed by atoms with Crippen LogP contribution in [0.5, 0.6) is 0 Å². The molecular formula is C48H32N2. The Kier molecular flexibility index (Phi) is 6.53. The summed E-state index contributed by atoms with van der Waals surface area (Å²) in [7, 11) is 0. The van der Waals surface area contributed by atoms with Crippen LogP contribution < -0.4 is 0 Å². The van der Waals surface area contributed by atoms with Crippen LogP contribution in [-0.2, 0) is 0 Å². The fourth-order valence-electron chi connectivity index (χ4n) is 8.00. The molecule has 0 spiro atoms. The molecule has 2 aromatic heterocycles. The van der Waals surface area contributed by atoms with E-state index in [4.69, 9.17) is 0 Å². The van der Waals surface area contributed by atoms with Crippen molar-refractivity contribution in [2.45, 2.75) is 0 Å². The fourth-order valence-corrected chi connectivity index (χ4v) is 8.00. The van der Waals surface area contributed by atoms with Crippen molar-refractivity contribution in [3.8, 4) is 44.8 Å². The summed E-state index contributed by atoms with van der Waals surface area (Å²) in [4.78, 5) is 0. The third kappa shape index (κ3) is 4.36. The van der Waals surface area contributed by atoms with Crippen LogP contribution in [0.2, 0.25) is 0 Å². The molecular weight excluding hydrogens is 605 g/mol. The Morgan fingerprint density at radius 2 is 0.820 bits per heavy atom. The largest absolute Gasteiger partial charge is 0.309 e. The number of fused-ring (bicyclic) bond motifs is 6. The van der Waals surface area contributed by atoms with Gasteiger partial charge in [-0.05, 0) is 70.3 Å². The van der Waals surface area contributed by atoms with Gasteiger partial charge in [-0.25, -0.2) is 0 Å². The van der Waals surface area contributed by atoms with E-state index in [-0.39, 0.29) is 0 Å². The highest BCUT2D eigenvalue weighted by atomic mass is 15.0. The zero-order valence-corrected chi connectivity index (χ0v) is 27.4. The van der Waals surface area contributed by atoms with Crippen molar-refractivity contribution in [1.29, 1.82) is 0 Å². The Morgan fingerprint density at radius 1 is 0.280 bits per heavy atom. The molecule has 0 radical (unpaired) electrons. The van der Waals surface area contributed by atoms with Gasteiger partial charge in [0.2, 0.25) is 0 Å². The van der Waals surface area contributed by atoms with Crippen LogP contribution in [0.25, 0.3) is 88.4 Å². The Hall–Kier alpha value is -6.64. The highest BCUT2D eigenvalue weighted by Gasteiger charge is 2.21. The molecule has 0 saturated carbocycles. The van der Waals surface area contributed by atoms with E-state index in [0.717, 1.165) is 11.4 Å². The van der Waals surface area contributed by atoms with Crippen molar-refractivity contribution >= 4 is 43.6 Å². The van der Waals surface area contributed by atoms with Gasteiger partial charge in [-0.1, -0.05) is 152 Å². The third-order valence-corrected chi connectivity index (χ3v) is 10.1. The summed E-state index contributed by atoms with van der Waals surface area (Å²) < 4.78 is 4.88. The van der Waals surface area contributed by atoms with Gasteiger partial charge in [-0.2, -0.15) is 0 Å². The van der Waals surface area contributed by atoms with Gasteiger partial charge < -0.3 is 9.13 Å². The molecule has 10 aromatic rings. The summed E-state index contributed by atoms with van der Waals surface area (Å²) in [6, 6.07) is 70.3. The molecule has 0 unspecified atom stereocenters. The first-order valence-electron chi connectivity index (χ1n) is 17.2. The molecule has 0 fully saturated rings. The van der Waals surface area contributed by atoms with Crippen LogP contribution in [0.3, 0.4) is 0 Å². The maximum absolute atomic E-state index is 2.45. The molecule has 0 N–H and O–H groups in total. The van der Waals surface area contributed by atoms with Crippen molar-refractivity contribution in [3.63, 3.8) is 0 Å². The second kappa shape index (κ2) is 11.5. The average molecular weight is 637 g/mol. The van der Waals surface area contributed by atoms with Crippen molar-refractivity contribution in [2.24, 2.45) is 0 Å². The molecule has 0 bridgehead atoms. The van der Waals surface area contributed by atoms with Crippen molar-refractivity contribution in [2.75, 3.05) is 0 Å². The van der Waals surface area contributed by atoms with Gasteiger partial charge in [0.05, 0.1) is 22.1 Å². The van der Waals surface area contributed by atoms with Gasteiger partial charge in [0.15, 0.2) is 0 Å². The lowest BCUT2D eigenvalue weighted by Crippen LogP contribution is -1.96. The van der Waals surface area contributed by atoms with Crippen molar-refractivity contribution in [3.05, 3.63) is 194 Å². The molecule has 8 aromatic carbocycles. The van der Waals surface area contributed by atoms with E-state index < -0.39 is 0 Å². The molecule has 0 amide bonds. The second-order valence-corrected chi connectivity index (χ2v) is 12.9. The van der Waals surface area contributed by atoms with Crippen molar-refractivity contribution in [1.82, 2.24) is 9.13 Å². The molecule has 0 aliphatic carbocycles. The highest BCUT2D eigenvalue weighted by molar-refractivity contribution is 6.20. The molecule has 0 saturated heterocycles. The number of hydrogen-bond donors (Lipinski definition) is 0. The minimum absolute atomic E-state index is 1.14. The SMILES string of the molecule is c1ccc(-c2ccc(-n3c4ccccc4c4c(-c5cccc6c7ccccc7n(-c7ccccc7)c56)cccc43)cc2-c2ccccc2)cc1. The Morgan fingerprint density at radius 3 is 1.56 bits per heavy atom. The normalized spacial score (nSPS) is 11.6. The average Bonchev–Trinajstić information content (AvgIpc) is 3.72. The number of nitrogens with zero attached hydrogens (tertiary/aromatic N) is 2. The van der Waals surface area contributed by atoms with E-state index in [9.17, 15) is 0 Å². The van der Waals surface area contributed by atoms with E-state index in [1.165, 1.54) is 77.0 Å². The Bertz CT molecular complexity index is 2840. The lowest BCUT2D eigenvalue weighted by atomic mass is 9.94. The molecule has 0 aliphatic rings. The Balaban J connectivity index is 1.28. The number of rotatable bonds is 5. The van der Waals surface area contributed by atoms with Crippen LogP contribution in [0.15, 0.2) is 194 Å². The van der Waals surface area contributed by atoms with E-state index in [0.29, 0.717) is 0 Å². The van der Waals surface area contributed by atoms with Gasteiger partial charge in [0.25, 0.3) is 0 Å². The number of aromatic nitrogens is 2. The summed E-state index contributed by atoms with van der Waals surface area (Å²) >= 11 is 0. The molecule has 0 aliphatic heterocycles. The zero-order valence-electron chi connectivity index (χ0n) is 27.4. The maximum Gasteiger partial charge on any atom is 0.0619 e.